The van der Waals surface area contributed by atoms with Crippen molar-refractivity contribution in [2.24, 2.45) is 0 Å². The SMILES string of the molecule is CN(C)C1CCN(c2cc(F)cc(CNC3CC3)c2)CC1. The summed E-state index contributed by atoms with van der Waals surface area (Å²) in [5.74, 6) is -0.116. The van der Waals surface area contributed by atoms with E-state index in [0.29, 0.717) is 12.1 Å². The second-order valence-corrected chi connectivity index (χ2v) is 6.65. The van der Waals surface area contributed by atoms with E-state index in [1.165, 1.54) is 12.8 Å². The summed E-state index contributed by atoms with van der Waals surface area (Å²) in [4.78, 5) is 4.62. The van der Waals surface area contributed by atoms with Gasteiger partial charge in [0.1, 0.15) is 5.82 Å². The minimum absolute atomic E-state index is 0.116. The topological polar surface area (TPSA) is 18.5 Å². The highest BCUT2D eigenvalue weighted by molar-refractivity contribution is 5.49. The number of rotatable bonds is 5. The molecule has 2 fully saturated rings. The number of piperidine rings is 1. The van der Waals surface area contributed by atoms with E-state index in [-0.39, 0.29) is 5.82 Å². The summed E-state index contributed by atoms with van der Waals surface area (Å²) < 4.78 is 13.9. The third-order valence-electron chi connectivity index (χ3n) is 4.67. The molecule has 2 aliphatic rings. The zero-order valence-electron chi connectivity index (χ0n) is 13.1. The molecule has 4 heteroatoms. The molecule has 1 aromatic carbocycles. The Labute approximate surface area is 127 Å². The van der Waals surface area contributed by atoms with Gasteiger partial charge < -0.3 is 15.1 Å². The number of hydrogen-bond acceptors (Lipinski definition) is 3. The first kappa shape index (κ1) is 14.8. The largest absolute Gasteiger partial charge is 0.371 e. The molecule has 1 heterocycles. The van der Waals surface area contributed by atoms with Gasteiger partial charge in [0.2, 0.25) is 0 Å². The van der Waals surface area contributed by atoms with Gasteiger partial charge in [0, 0.05) is 37.4 Å². The lowest BCUT2D eigenvalue weighted by molar-refractivity contribution is 0.249. The van der Waals surface area contributed by atoms with Crippen LogP contribution < -0.4 is 10.2 Å². The molecule has 116 valence electrons. The van der Waals surface area contributed by atoms with Crippen molar-refractivity contribution >= 4 is 5.69 Å². The summed E-state index contributed by atoms with van der Waals surface area (Å²) in [7, 11) is 4.29. The van der Waals surface area contributed by atoms with E-state index >= 15 is 0 Å². The van der Waals surface area contributed by atoms with Crippen LogP contribution in [0.5, 0.6) is 0 Å². The lowest BCUT2D eigenvalue weighted by atomic mass is 10.0. The Morgan fingerprint density at radius 1 is 1.14 bits per heavy atom. The zero-order valence-corrected chi connectivity index (χ0v) is 13.1. The summed E-state index contributed by atoms with van der Waals surface area (Å²) in [5.41, 5.74) is 2.10. The predicted molar refractivity (Wildman–Crippen MR) is 85.2 cm³/mol. The molecule has 3 rings (SSSR count). The molecule has 0 amide bonds. The molecule has 0 radical (unpaired) electrons. The van der Waals surface area contributed by atoms with Crippen LogP contribution in [0.15, 0.2) is 18.2 Å². The van der Waals surface area contributed by atoms with Crippen molar-refractivity contribution < 1.29 is 4.39 Å². The number of nitrogens with one attached hydrogen (secondary N) is 1. The first-order valence-electron chi connectivity index (χ1n) is 8.06. The Morgan fingerprint density at radius 2 is 1.86 bits per heavy atom. The van der Waals surface area contributed by atoms with Crippen molar-refractivity contribution in [3.05, 3.63) is 29.6 Å². The fourth-order valence-corrected chi connectivity index (χ4v) is 3.11. The molecule has 1 saturated heterocycles. The molecule has 0 unspecified atom stereocenters. The molecule has 3 nitrogen and oxygen atoms in total. The second-order valence-electron chi connectivity index (χ2n) is 6.65. The quantitative estimate of drug-likeness (QED) is 0.899. The molecule has 1 aliphatic carbocycles. The van der Waals surface area contributed by atoms with Crippen LogP contribution in [-0.4, -0.2) is 44.2 Å². The van der Waals surface area contributed by atoms with Gasteiger partial charge in [-0.15, -0.1) is 0 Å². The van der Waals surface area contributed by atoms with Gasteiger partial charge in [0.05, 0.1) is 0 Å². The maximum Gasteiger partial charge on any atom is 0.125 e. The molecule has 1 aliphatic heterocycles. The van der Waals surface area contributed by atoms with E-state index in [1.54, 1.807) is 12.1 Å². The smallest absolute Gasteiger partial charge is 0.125 e. The van der Waals surface area contributed by atoms with Crippen LogP contribution in [0.4, 0.5) is 10.1 Å². The van der Waals surface area contributed by atoms with Crippen LogP contribution in [-0.2, 0) is 6.54 Å². The normalized spacial score (nSPS) is 20.3. The van der Waals surface area contributed by atoms with E-state index in [2.05, 4.69) is 35.3 Å². The van der Waals surface area contributed by atoms with Crippen molar-refractivity contribution in [3.8, 4) is 0 Å². The van der Waals surface area contributed by atoms with Gasteiger partial charge in [-0.1, -0.05) is 0 Å². The number of benzene rings is 1. The number of halogens is 1. The zero-order chi connectivity index (χ0) is 14.8. The summed E-state index contributed by atoms with van der Waals surface area (Å²) in [6.07, 6.45) is 4.83. The minimum Gasteiger partial charge on any atom is -0.371 e. The van der Waals surface area contributed by atoms with E-state index in [0.717, 1.165) is 43.7 Å². The maximum atomic E-state index is 13.9. The summed E-state index contributed by atoms with van der Waals surface area (Å²) in [6, 6.07) is 6.80. The molecule has 0 bridgehead atoms. The van der Waals surface area contributed by atoms with Gasteiger partial charge in [0.15, 0.2) is 0 Å². The van der Waals surface area contributed by atoms with Gasteiger partial charge in [-0.25, -0.2) is 4.39 Å². The van der Waals surface area contributed by atoms with Crippen LogP contribution in [0, 0.1) is 5.82 Å². The Kier molecular flexibility index (Phi) is 4.45. The fourth-order valence-electron chi connectivity index (χ4n) is 3.11. The summed E-state index contributed by atoms with van der Waals surface area (Å²) in [5, 5.41) is 3.46. The van der Waals surface area contributed by atoms with Crippen molar-refractivity contribution in [1.82, 2.24) is 10.2 Å². The monoisotopic (exact) mass is 291 g/mol. The number of nitrogens with zero attached hydrogens (tertiary/aromatic N) is 2. The van der Waals surface area contributed by atoms with Crippen LogP contribution in [0.3, 0.4) is 0 Å². The highest BCUT2D eigenvalue weighted by Crippen LogP contribution is 2.25. The van der Waals surface area contributed by atoms with E-state index in [4.69, 9.17) is 0 Å². The van der Waals surface area contributed by atoms with Gasteiger partial charge in [0.25, 0.3) is 0 Å². The number of anilines is 1. The Bertz CT molecular complexity index is 477. The van der Waals surface area contributed by atoms with Crippen molar-refractivity contribution in [2.45, 2.75) is 44.3 Å². The predicted octanol–water partition coefficient (Wildman–Crippen LogP) is 2.61. The van der Waals surface area contributed by atoms with Gasteiger partial charge >= 0.3 is 0 Å². The van der Waals surface area contributed by atoms with Gasteiger partial charge in [-0.2, -0.15) is 0 Å². The maximum absolute atomic E-state index is 13.9. The summed E-state index contributed by atoms with van der Waals surface area (Å²) in [6.45, 7) is 2.81. The lowest BCUT2D eigenvalue weighted by Gasteiger charge is -2.36. The van der Waals surface area contributed by atoms with E-state index in [9.17, 15) is 4.39 Å². The molecule has 21 heavy (non-hydrogen) atoms. The summed E-state index contributed by atoms with van der Waals surface area (Å²) >= 11 is 0. The Morgan fingerprint density at radius 3 is 2.48 bits per heavy atom. The van der Waals surface area contributed by atoms with E-state index < -0.39 is 0 Å². The average Bonchev–Trinajstić information content (AvgIpc) is 3.29. The van der Waals surface area contributed by atoms with Crippen LogP contribution in [0.2, 0.25) is 0 Å². The van der Waals surface area contributed by atoms with Crippen molar-refractivity contribution in [1.29, 1.82) is 0 Å². The first-order valence-corrected chi connectivity index (χ1v) is 8.06. The van der Waals surface area contributed by atoms with E-state index in [1.807, 2.05) is 0 Å². The van der Waals surface area contributed by atoms with Crippen LogP contribution >= 0.6 is 0 Å². The third-order valence-corrected chi connectivity index (χ3v) is 4.67. The second kappa shape index (κ2) is 6.32. The lowest BCUT2D eigenvalue weighted by Crippen LogP contribution is -2.42. The Balaban J connectivity index is 1.64. The van der Waals surface area contributed by atoms with Gasteiger partial charge in [-0.3, -0.25) is 0 Å². The standard InChI is InChI=1S/C17H26FN3/c1-20(2)16-5-7-21(8-6-16)17-10-13(9-14(18)11-17)12-19-15-3-4-15/h9-11,15-16,19H,3-8,12H2,1-2H3. The fraction of sp³-hybridized carbons (Fsp3) is 0.647. The molecule has 1 aromatic rings. The molecular formula is C17H26FN3. The van der Waals surface area contributed by atoms with Gasteiger partial charge in [-0.05, 0) is 63.5 Å². The third kappa shape index (κ3) is 3.95. The highest BCUT2D eigenvalue weighted by atomic mass is 19.1. The molecule has 0 aromatic heterocycles. The average molecular weight is 291 g/mol. The molecule has 1 saturated carbocycles. The van der Waals surface area contributed by atoms with Crippen molar-refractivity contribution in [3.63, 3.8) is 0 Å². The molecule has 1 N–H and O–H groups in total. The van der Waals surface area contributed by atoms with Crippen molar-refractivity contribution in [2.75, 3.05) is 32.1 Å². The van der Waals surface area contributed by atoms with Crippen LogP contribution in [0.25, 0.3) is 0 Å². The number of hydrogen-bond donors (Lipinski definition) is 1. The minimum atomic E-state index is -0.116. The Hall–Kier alpha value is -1.13. The molecular weight excluding hydrogens is 265 g/mol. The van der Waals surface area contributed by atoms with Crippen LogP contribution in [0.1, 0.15) is 31.2 Å². The first-order chi connectivity index (χ1) is 10.1. The molecule has 0 spiro atoms. The highest BCUT2D eigenvalue weighted by Gasteiger charge is 2.22. The molecule has 0 atom stereocenters.